The Morgan fingerprint density at radius 1 is 0.902 bits per heavy atom. The smallest absolute Gasteiger partial charge is 0.319 e. The second-order valence-corrected chi connectivity index (χ2v) is 13.2. The Kier molecular flexibility index (Phi) is 7.37. The number of fused-ring (bicyclic) bond motifs is 1. The zero-order valence-electron chi connectivity index (χ0n) is 24.0. The fraction of sp³-hybridized carbons (Fsp3) is 0.576. The molecule has 4 bridgehead atoms. The molecule has 3 N–H and O–H groups in total. The highest BCUT2D eigenvalue weighted by Gasteiger charge is 2.51. The second kappa shape index (κ2) is 11.3. The van der Waals surface area contributed by atoms with E-state index in [2.05, 4.69) is 50.0 Å². The molecule has 2 aromatic rings. The number of rotatable bonds is 7. The average Bonchev–Trinajstić information content (AvgIpc) is 2.96. The summed E-state index contributed by atoms with van der Waals surface area (Å²) in [5, 5.41) is 9.65. The Balaban J connectivity index is 1.07. The molecule has 8 heteroatoms. The van der Waals surface area contributed by atoms with Crippen LogP contribution in [0.2, 0.25) is 0 Å². The third kappa shape index (κ3) is 5.82. The summed E-state index contributed by atoms with van der Waals surface area (Å²) < 4.78 is 5.45. The fourth-order valence-electron chi connectivity index (χ4n) is 8.69. The van der Waals surface area contributed by atoms with Crippen LogP contribution in [0.5, 0.6) is 0 Å². The molecule has 5 fully saturated rings. The molecule has 8 nitrogen and oxygen atoms in total. The Labute approximate surface area is 243 Å². The Hall–Kier alpha value is -3.10. The molecule has 0 unspecified atom stereocenters. The van der Waals surface area contributed by atoms with E-state index in [-0.39, 0.29) is 17.5 Å². The van der Waals surface area contributed by atoms with Crippen molar-refractivity contribution in [1.29, 1.82) is 0 Å². The van der Waals surface area contributed by atoms with Crippen molar-refractivity contribution in [1.82, 2.24) is 15.5 Å². The number of carbonyl (C=O) groups is 2. The number of nitrogens with zero attached hydrogens (tertiary/aromatic N) is 2. The molecule has 4 saturated carbocycles. The lowest BCUT2D eigenvalue weighted by molar-refractivity contribution is -0.0127. The van der Waals surface area contributed by atoms with Crippen molar-refractivity contribution in [2.75, 3.05) is 56.2 Å². The normalized spacial score (nSPS) is 28.7. The predicted molar refractivity (Wildman–Crippen MR) is 160 cm³/mol. The van der Waals surface area contributed by atoms with Crippen LogP contribution in [0.15, 0.2) is 42.5 Å². The van der Waals surface area contributed by atoms with E-state index in [4.69, 9.17) is 4.74 Å². The summed E-state index contributed by atoms with van der Waals surface area (Å²) in [5.74, 6) is 2.20. The lowest BCUT2D eigenvalue weighted by atomic mass is 9.53. The maximum absolute atomic E-state index is 13.6. The topological polar surface area (TPSA) is 85.9 Å². The van der Waals surface area contributed by atoms with Crippen molar-refractivity contribution in [3.63, 3.8) is 0 Å². The Bertz CT molecular complexity index is 1250. The molecule has 2 heterocycles. The maximum atomic E-state index is 13.6. The SMILES string of the molecule is O=C(Nc1ccc(N2CCc3ccccc3C2)c(C(=O)NCCN2CCOCC2)c1)NC12CC3CC(CC(C3)C1)C2. The number of nitrogens with one attached hydrogen (secondary N) is 3. The molecule has 4 aliphatic carbocycles. The van der Waals surface area contributed by atoms with Gasteiger partial charge < -0.3 is 25.6 Å². The molecule has 2 aliphatic heterocycles. The van der Waals surface area contributed by atoms with Crippen LogP contribution in [0.4, 0.5) is 16.2 Å². The molecule has 2 aromatic carbocycles. The van der Waals surface area contributed by atoms with Crippen LogP contribution in [0.3, 0.4) is 0 Å². The lowest BCUT2D eigenvalue weighted by Crippen LogP contribution is -2.60. The number of urea groups is 1. The van der Waals surface area contributed by atoms with Gasteiger partial charge in [0.15, 0.2) is 0 Å². The quantitative estimate of drug-likeness (QED) is 0.470. The van der Waals surface area contributed by atoms with Crippen molar-refractivity contribution in [3.05, 3.63) is 59.2 Å². The predicted octanol–water partition coefficient (Wildman–Crippen LogP) is 4.40. The average molecular weight is 558 g/mol. The number of hydrogen-bond acceptors (Lipinski definition) is 5. The first-order valence-electron chi connectivity index (χ1n) is 15.7. The van der Waals surface area contributed by atoms with E-state index in [0.29, 0.717) is 17.8 Å². The molecule has 41 heavy (non-hydrogen) atoms. The minimum atomic E-state index is -0.148. The summed E-state index contributed by atoms with van der Waals surface area (Å²) in [5.41, 5.74) is 4.80. The molecular formula is C33H43N5O3. The zero-order chi connectivity index (χ0) is 27.8. The van der Waals surface area contributed by atoms with Gasteiger partial charge in [-0.15, -0.1) is 0 Å². The van der Waals surface area contributed by atoms with Gasteiger partial charge in [0.05, 0.1) is 18.8 Å². The number of ether oxygens (including phenoxy) is 1. The van der Waals surface area contributed by atoms with E-state index in [1.54, 1.807) is 0 Å². The van der Waals surface area contributed by atoms with E-state index in [0.717, 1.165) is 95.1 Å². The highest BCUT2D eigenvalue weighted by Crippen LogP contribution is 2.55. The van der Waals surface area contributed by atoms with Crippen LogP contribution >= 0.6 is 0 Å². The van der Waals surface area contributed by atoms with Crippen molar-refractivity contribution in [2.24, 2.45) is 17.8 Å². The minimum Gasteiger partial charge on any atom is -0.379 e. The van der Waals surface area contributed by atoms with Crippen LogP contribution in [0.1, 0.15) is 60.0 Å². The van der Waals surface area contributed by atoms with Crippen LogP contribution in [-0.4, -0.2) is 68.3 Å². The third-order valence-electron chi connectivity index (χ3n) is 10.2. The van der Waals surface area contributed by atoms with Gasteiger partial charge in [-0.25, -0.2) is 4.79 Å². The summed E-state index contributed by atoms with van der Waals surface area (Å²) >= 11 is 0. The summed E-state index contributed by atoms with van der Waals surface area (Å²) in [7, 11) is 0. The molecule has 218 valence electrons. The molecule has 1 saturated heterocycles. The summed E-state index contributed by atoms with van der Waals surface area (Å²) in [6, 6.07) is 14.2. The number of carbonyl (C=O) groups excluding carboxylic acids is 2. The van der Waals surface area contributed by atoms with Crippen molar-refractivity contribution < 1.29 is 14.3 Å². The maximum Gasteiger partial charge on any atom is 0.319 e. The monoisotopic (exact) mass is 557 g/mol. The lowest BCUT2D eigenvalue weighted by Gasteiger charge is -2.56. The number of hydrogen-bond donors (Lipinski definition) is 3. The number of benzene rings is 2. The Morgan fingerprint density at radius 3 is 2.34 bits per heavy atom. The highest BCUT2D eigenvalue weighted by atomic mass is 16.5. The van der Waals surface area contributed by atoms with E-state index in [1.807, 2.05) is 18.2 Å². The van der Waals surface area contributed by atoms with Gasteiger partial charge in [0.25, 0.3) is 5.91 Å². The molecular weight excluding hydrogens is 514 g/mol. The first-order valence-corrected chi connectivity index (χ1v) is 15.7. The van der Waals surface area contributed by atoms with Crippen molar-refractivity contribution >= 4 is 23.3 Å². The standard InChI is InChI=1S/C33H43N5O3/c39-31(34-8-10-37-11-13-41-14-12-37)29-18-28(5-6-30(29)38-9-7-26-3-1-2-4-27(26)22-38)35-32(40)36-33-19-23-15-24(20-33)17-25(16-23)21-33/h1-6,18,23-25H,7-17,19-22H2,(H,34,39)(H2,35,36,40). The second-order valence-electron chi connectivity index (χ2n) is 13.2. The number of amides is 3. The van der Waals surface area contributed by atoms with Crippen molar-refractivity contribution in [3.8, 4) is 0 Å². The fourth-order valence-corrected chi connectivity index (χ4v) is 8.69. The highest BCUT2D eigenvalue weighted by molar-refractivity contribution is 6.02. The first-order chi connectivity index (χ1) is 20.0. The van der Waals surface area contributed by atoms with Gasteiger partial charge in [-0.1, -0.05) is 24.3 Å². The van der Waals surface area contributed by atoms with Gasteiger partial charge in [0, 0.05) is 56.2 Å². The van der Waals surface area contributed by atoms with E-state index >= 15 is 0 Å². The molecule has 0 radical (unpaired) electrons. The summed E-state index contributed by atoms with van der Waals surface area (Å²) in [6.07, 6.45) is 8.30. The molecule has 0 spiro atoms. The molecule has 0 aromatic heterocycles. The third-order valence-corrected chi connectivity index (χ3v) is 10.2. The number of morpholine rings is 1. The largest absolute Gasteiger partial charge is 0.379 e. The van der Waals surface area contributed by atoms with E-state index < -0.39 is 0 Å². The van der Waals surface area contributed by atoms with Gasteiger partial charge in [0.2, 0.25) is 0 Å². The molecule has 8 rings (SSSR count). The summed E-state index contributed by atoms with van der Waals surface area (Å²) in [6.45, 7) is 6.27. The summed E-state index contributed by atoms with van der Waals surface area (Å²) in [4.78, 5) is 31.5. The van der Waals surface area contributed by atoms with Crippen LogP contribution < -0.4 is 20.9 Å². The molecule has 6 aliphatic rings. The van der Waals surface area contributed by atoms with Crippen LogP contribution in [-0.2, 0) is 17.7 Å². The molecule has 3 amide bonds. The van der Waals surface area contributed by atoms with Gasteiger partial charge in [0.1, 0.15) is 0 Å². The van der Waals surface area contributed by atoms with E-state index in [1.165, 1.54) is 30.4 Å². The first kappa shape index (κ1) is 26.8. The van der Waals surface area contributed by atoms with Gasteiger partial charge in [-0.2, -0.15) is 0 Å². The Morgan fingerprint density at radius 2 is 1.61 bits per heavy atom. The van der Waals surface area contributed by atoms with Gasteiger partial charge in [-0.05, 0) is 92.0 Å². The van der Waals surface area contributed by atoms with Crippen LogP contribution in [0.25, 0.3) is 0 Å². The zero-order valence-corrected chi connectivity index (χ0v) is 24.0. The van der Waals surface area contributed by atoms with Gasteiger partial charge >= 0.3 is 6.03 Å². The number of anilines is 2. The van der Waals surface area contributed by atoms with Crippen molar-refractivity contribution in [2.45, 2.75) is 57.0 Å². The van der Waals surface area contributed by atoms with Crippen LogP contribution in [0, 0.1) is 17.8 Å². The minimum absolute atomic E-state index is 0.0559. The van der Waals surface area contributed by atoms with E-state index in [9.17, 15) is 9.59 Å². The molecule has 0 atom stereocenters. The van der Waals surface area contributed by atoms with Gasteiger partial charge in [-0.3, -0.25) is 9.69 Å².